The van der Waals surface area contributed by atoms with Gasteiger partial charge in [0.2, 0.25) is 5.91 Å². The summed E-state index contributed by atoms with van der Waals surface area (Å²) in [5.41, 5.74) is 0.721. The van der Waals surface area contributed by atoms with Crippen molar-refractivity contribution in [3.63, 3.8) is 0 Å². The van der Waals surface area contributed by atoms with Crippen LogP contribution in [0, 0.1) is 5.82 Å². The van der Waals surface area contributed by atoms with Crippen molar-refractivity contribution in [1.29, 1.82) is 0 Å². The Hall–Kier alpha value is -1.62. The van der Waals surface area contributed by atoms with Crippen LogP contribution in [0.3, 0.4) is 0 Å². The predicted octanol–water partition coefficient (Wildman–Crippen LogP) is 1.37. The largest absolute Gasteiger partial charge is 0.493 e. The molecule has 0 aliphatic carbocycles. The Bertz CT molecular complexity index is 437. The standard InChI is InChI=1S/C13H17FN2O2/c1-15-6-4-13(17)16-11-5-7-18-12-3-2-9(14)8-10(11)12/h2-3,8,11,15H,4-7H2,1H3,(H,16,17). The number of nitrogens with one attached hydrogen (secondary N) is 2. The van der Waals surface area contributed by atoms with E-state index in [1.165, 1.54) is 12.1 Å². The maximum Gasteiger partial charge on any atom is 0.221 e. The van der Waals surface area contributed by atoms with Crippen LogP contribution in [0.25, 0.3) is 0 Å². The lowest BCUT2D eigenvalue weighted by atomic mass is 10.0. The first-order valence-electron chi connectivity index (χ1n) is 6.07. The first-order valence-corrected chi connectivity index (χ1v) is 6.07. The molecule has 2 N–H and O–H groups in total. The predicted molar refractivity (Wildman–Crippen MR) is 65.9 cm³/mol. The van der Waals surface area contributed by atoms with Crippen LogP contribution in [0.5, 0.6) is 5.75 Å². The van der Waals surface area contributed by atoms with E-state index in [0.29, 0.717) is 31.7 Å². The lowest BCUT2D eigenvalue weighted by Gasteiger charge is -2.26. The average molecular weight is 252 g/mol. The Morgan fingerprint density at radius 3 is 3.17 bits per heavy atom. The number of hydrogen-bond donors (Lipinski definition) is 2. The summed E-state index contributed by atoms with van der Waals surface area (Å²) in [5, 5.41) is 5.83. The maximum absolute atomic E-state index is 13.2. The minimum absolute atomic E-state index is 0.0357. The molecule has 18 heavy (non-hydrogen) atoms. The summed E-state index contributed by atoms with van der Waals surface area (Å²) in [6, 6.07) is 4.24. The Morgan fingerprint density at radius 1 is 1.56 bits per heavy atom. The lowest BCUT2D eigenvalue weighted by molar-refractivity contribution is -0.121. The van der Waals surface area contributed by atoms with Crippen LogP contribution in [-0.4, -0.2) is 26.1 Å². The van der Waals surface area contributed by atoms with E-state index in [1.54, 1.807) is 13.1 Å². The number of halogens is 1. The van der Waals surface area contributed by atoms with Gasteiger partial charge < -0.3 is 15.4 Å². The Kier molecular flexibility index (Phi) is 4.15. The molecule has 0 fully saturated rings. The van der Waals surface area contributed by atoms with E-state index in [1.807, 2.05) is 0 Å². The highest BCUT2D eigenvalue weighted by molar-refractivity contribution is 5.76. The minimum Gasteiger partial charge on any atom is -0.493 e. The number of benzene rings is 1. The van der Waals surface area contributed by atoms with Gasteiger partial charge in [-0.05, 0) is 25.2 Å². The summed E-state index contributed by atoms with van der Waals surface area (Å²) in [7, 11) is 1.80. The molecule has 0 saturated carbocycles. The highest BCUT2D eigenvalue weighted by Gasteiger charge is 2.23. The SMILES string of the molecule is CNCCC(=O)NC1CCOc2ccc(F)cc21. The summed E-state index contributed by atoms with van der Waals surface area (Å²) >= 11 is 0. The second-order valence-corrected chi connectivity index (χ2v) is 4.29. The molecule has 1 heterocycles. The van der Waals surface area contributed by atoms with Gasteiger partial charge in [0.1, 0.15) is 11.6 Å². The average Bonchev–Trinajstić information content (AvgIpc) is 2.37. The topological polar surface area (TPSA) is 50.4 Å². The molecule has 1 aliphatic heterocycles. The molecule has 2 rings (SSSR count). The van der Waals surface area contributed by atoms with Crippen molar-refractivity contribution < 1.29 is 13.9 Å². The molecule has 1 aromatic carbocycles. The van der Waals surface area contributed by atoms with Crippen molar-refractivity contribution in [2.24, 2.45) is 0 Å². The third-order valence-electron chi connectivity index (χ3n) is 2.95. The van der Waals surface area contributed by atoms with Gasteiger partial charge in [0.25, 0.3) is 0 Å². The number of hydrogen-bond acceptors (Lipinski definition) is 3. The van der Waals surface area contributed by atoms with E-state index in [-0.39, 0.29) is 17.8 Å². The Labute approximate surface area is 106 Å². The van der Waals surface area contributed by atoms with Crippen LogP contribution in [0.15, 0.2) is 18.2 Å². The molecule has 1 amide bonds. The lowest BCUT2D eigenvalue weighted by Crippen LogP contribution is -2.33. The van der Waals surface area contributed by atoms with Crippen LogP contribution < -0.4 is 15.4 Å². The zero-order chi connectivity index (χ0) is 13.0. The second kappa shape index (κ2) is 5.82. The molecule has 0 bridgehead atoms. The molecule has 1 atom stereocenters. The van der Waals surface area contributed by atoms with Gasteiger partial charge in [0.05, 0.1) is 12.6 Å². The van der Waals surface area contributed by atoms with Gasteiger partial charge in [-0.1, -0.05) is 0 Å². The molecule has 0 saturated heterocycles. The highest BCUT2D eigenvalue weighted by Crippen LogP contribution is 2.32. The summed E-state index contributed by atoms with van der Waals surface area (Å²) in [6.45, 7) is 1.17. The monoisotopic (exact) mass is 252 g/mol. The van der Waals surface area contributed by atoms with E-state index in [4.69, 9.17) is 4.74 Å². The van der Waals surface area contributed by atoms with E-state index < -0.39 is 0 Å². The van der Waals surface area contributed by atoms with Crippen LogP contribution in [0.1, 0.15) is 24.4 Å². The van der Waals surface area contributed by atoms with E-state index >= 15 is 0 Å². The first-order chi connectivity index (χ1) is 8.70. The molecule has 5 heteroatoms. The smallest absolute Gasteiger partial charge is 0.221 e. The van der Waals surface area contributed by atoms with Gasteiger partial charge in [-0.15, -0.1) is 0 Å². The minimum atomic E-state index is -0.311. The number of carbonyl (C=O) groups excluding carboxylic acids is 1. The van der Waals surface area contributed by atoms with E-state index in [9.17, 15) is 9.18 Å². The summed E-state index contributed by atoms with van der Waals surface area (Å²) in [4.78, 5) is 11.7. The van der Waals surface area contributed by atoms with Gasteiger partial charge in [0, 0.05) is 24.9 Å². The fourth-order valence-electron chi connectivity index (χ4n) is 2.02. The van der Waals surface area contributed by atoms with Crippen LogP contribution in [0.4, 0.5) is 4.39 Å². The number of fused-ring (bicyclic) bond motifs is 1. The molecule has 1 aromatic rings. The first kappa shape index (κ1) is 12.8. The highest BCUT2D eigenvalue weighted by atomic mass is 19.1. The normalized spacial score (nSPS) is 17.8. The van der Waals surface area contributed by atoms with Crippen LogP contribution >= 0.6 is 0 Å². The zero-order valence-electron chi connectivity index (χ0n) is 10.3. The van der Waals surface area contributed by atoms with Gasteiger partial charge >= 0.3 is 0 Å². The third kappa shape index (κ3) is 2.98. The number of rotatable bonds is 4. The third-order valence-corrected chi connectivity index (χ3v) is 2.95. The van der Waals surface area contributed by atoms with Gasteiger partial charge in [-0.25, -0.2) is 4.39 Å². The van der Waals surface area contributed by atoms with Gasteiger partial charge in [-0.3, -0.25) is 4.79 Å². The molecule has 0 aromatic heterocycles. The zero-order valence-corrected chi connectivity index (χ0v) is 10.3. The molecule has 4 nitrogen and oxygen atoms in total. The fraction of sp³-hybridized carbons (Fsp3) is 0.462. The molecular formula is C13H17FN2O2. The number of amides is 1. The Morgan fingerprint density at radius 2 is 2.39 bits per heavy atom. The van der Waals surface area contributed by atoms with Gasteiger partial charge in [-0.2, -0.15) is 0 Å². The number of ether oxygens (including phenoxy) is 1. The van der Waals surface area contributed by atoms with Crippen molar-refractivity contribution in [2.75, 3.05) is 20.2 Å². The van der Waals surface area contributed by atoms with E-state index in [0.717, 1.165) is 5.56 Å². The van der Waals surface area contributed by atoms with Crippen molar-refractivity contribution in [3.8, 4) is 5.75 Å². The maximum atomic E-state index is 13.2. The Balaban J connectivity index is 2.07. The summed E-state index contributed by atoms with van der Waals surface area (Å²) < 4.78 is 18.7. The van der Waals surface area contributed by atoms with E-state index in [2.05, 4.69) is 10.6 Å². The van der Waals surface area contributed by atoms with Gasteiger partial charge in [0.15, 0.2) is 0 Å². The van der Waals surface area contributed by atoms with Crippen LogP contribution in [-0.2, 0) is 4.79 Å². The molecule has 1 unspecified atom stereocenters. The molecule has 0 spiro atoms. The van der Waals surface area contributed by atoms with Crippen molar-refractivity contribution in [3.05, 3.63) is 29.6 Å². The van der Waals surface area contributed by atoms with Crippen LogP contribution in [0.2, 0.25) is 0 Å². The molecular weight excluding hydrogens is 235 g/mol. The molecule has 0 radical (unpaired) electrons. The summed E-state index contributed by atoms with van der Waals surface area (Å²) in [5.74, 6) is 0.307. The fourth-order valence-corrected chi connectivity index (χ4v) is 2.02. The van der Waals surface area contributed by atoms with Crippen molar-refractivity contribution in [2.45, 2.75) is 18.9 Å². The second-order valence-electron chi connectivity index (χ2n) is 4.29. The van der Waals surface area contributed by atoms with Crippen molar-refractivity contribution in [1.82, 2.24) is 10.6 Å². The summed E-state index contributed by atoms with van der Waals surface area (Å²) in [6.07, 6.45) is 1.08. The molecule has 1 aliphatic rings. The number of carbonyl (C=O) groups is 1. The van der Waals surface area contributed by atoms with Crippen molar-refractivity contribution >= 4 is 5.91 Å². The molecule has 98 valence electrons. The quantitative estimate of drug-likeness (QED) is 0.851.